The summed E-state index contributed by atoms with van der Waals surface area (Å²) >= 11 is 0. The lowest BCUT2D eigenvalue weighted by atomic mass is 10.1. The minimum Gasteiger partial charge on any atom is -0.365 e. The molecule has 1 N–H and O–H groups in total. The van der Waals surface area contributed by atoms with E-state index < -0.39 is 0 Å². The van der Waals surface area contributed by atoms with Gasteiger partial charge in [0, 0.05) is 38.5 Å². The first-order valence-electron chi connectivity index (χ1n) is 9.79. The highest BCUT2D eigenvalue weighted by Crippen LogP contribution is 2.39. The van der Waals surface area contributed by atoms with Crippen molar-refractivity contribution in [1.82, 2.24) is 5.32 Å². The standard InChI is InChI=1S/C22H24FN3O2/c23-17-9-7-16(8-10-17)14-24-21(27)11-12-22(28)26-15-18-4-3-13-25(18)19-5-1-2-6-20(19)26/h1-2,5-10,18H,3-4,11-15H2,(H,24,27). The fourth-order valence-electron chi connectivity index (χ4n) is 4.07. The van der Waals surface area contributed by atoms with Crippen LogP contribution in [0.15, 0.2) is 48.5 Å². The van der Waals surface area contributed by atoms with Crippen LogP contribution in [0.1, 0.15) is 31.2 Å². The predicted molar refractivity (Wildman–Crippen MR) is 107 cm³/mol. The molecule has 6 heteroatoms. The van der Waals surface area contributed by atoms with Crippen LogP contribution in [0.3, 0.4) is 0 Å². The van der Waals surface area contributed by atoms with Crippen molar-refractivity contribution in [1.29, 1.82) is 0 Å². The van der Waals surface area contributed by atoms with Crippen LogP contribution in [-0.4, -0.2) is 30.9 Å². The van der Waals surface area contributed by atoms with Gasteiger partial charge in [-0.2, -0.15) is 0 Å². The predicted octanol–water partition coefficient (Wildman–Crippen LogP) is 3.24. The van der Waals surface area contributed by atoms with Crippen molar-refractivity contribution in [3.63, 3.8) is 0 Å². The average molecular weight is 381 g/mol. The Bertz CT molecular complexity index is 868. The number of nitrogens with zero attached hydrogens (tertiary/aromatic N) is 2. The number of para-hydroxylation sites is 2. The maximum Gasteiger partial charge on any atom is 0.227 e. The highest BCUT2D eigenvalue weighted by Gasteiger charge is 2.35. The lowest BCUT2D eigenvalue weighted by Crippen LogP contribution is -2.48. The van der Waals surface area contributed by atoms with Crippen LogP contribution in [0, 0.1) is 5.82 Å². The Morgan fingerprint density at radius 3 is 2.57 bits per heavy atom. The second-order valence-electron chi connectivity index (χ2n) is 7.39. The zero-order chi connectivity index (χ0) is 19.5. The average Bonchev–Trinajstić information content (AvgIpc) is 3.20. The Hall–Kier alpha value is -2.89. The molecular weight excluding hydrogens is 357 g/mol. The van der Waals surface area contributed by atoms with Gasteiger partial charge in [0.15, 0.2) is 0 Å². The van der Waals surface area contributed by atoms with Crippen molar-refractivity contribution in [2.24, 2.45) is 0 Å². The lowest BCUT2D eigenvalue weighted by Gasteiger charge is -2.40. The van der Waals surface area contributed by atoms with Gasteiger partial charge in [-0.15, -0.1) is 0 Å². The summed E-state index contributed by atoms with van der Waals surface area (Å²) < 4.78 is 12.9. The molecule has 0 aliphatic carbocycles. The summed E-state index contributed by atoms with van der Waals surface area (Å²) in [5.74, 6) is -0.496. The third-order valence-corrected chi connectivity index (χ3v) is 5.52. The largest absolute Gasteiger partial charge is 0.365 e. The molecule has 2 aromatic rings. The van der Waals surface area contributed by atoms with Crippen molar-refractivity contribution in [3.05, 3.63) is 59.9 Å². The quantitative estimate of drug-likeness (QED) is 0.865. The molecule has 0 saturated carbocycles. The summed E-state index contributed by atoms with van der Waals surface area (Å²) in [7, 11) is 0. The first-order chi connectivity index (χ1) is 13.6. The molecular formula is C22H24FN3O2. The molecule has 5 nitrogen and oxygen atoms in total. The van der Waals surface area contributed by atoms with Gasteiger partial charge in [-0.1, -0.05) is 24.3 Å². The van der Waals surface area contributed by atoms with E-state index in [0.29, 0.717) is 19.1 Å². The molecule has 0 bridgehead atoms. The van der Waals surface area contributed by atoms with Crippen LogP contribution in [0.5, 0.6) is 0 Å². The number of carbonyl (C=O) groups excluding carboxylic acids is 2. The molecule has 0 spiro atoms. The van der Waals surface area contributed by atoms with Gasteiger partial charge in [0.1, 0.15) is 5.82 Å². The van der Waals surface area contributed by atoms with E-state index in [4.69, 9.17) is 0 Å². The van der Waals surface area contributed by atoms with Gasteiger partial charge in [-0.3, -0.25) is 9.59 Å². The monoisotopic (exact) mass is 381 g/mol. The maximum absolute atomic E-state index is 12.9. The Kier molecular flexibility index (Phi) is 5.28. The van der Waals surface area contributed by atoms with E-state index in [0.717, 1.165) is 36.3 Å². The molecule has 4 rings (SSSR count). The normalized spacial score (nSPS) is 17.8. The van der Waals surface area contributed by atoms with Gasteiger partial charge in [0.05, 0.1) is 11.4 Å². The summed E-state index contributed by atoms with van der Waals surface area (Å²) in [6.45, 7) is 2.05. The first kappa shape index (κ1) is 18.5. The smallest absolute Gasteiger partial charge is 0.227 e. The van der Waals surface area contributed by atoms with E-state index >= 15 is 0 Å². The molecule has 0 radical (unpaired) electrons. The number of hydrogen-bond acceptors (Lipinski definition) is 3. The molecule has 2 aromatic carbocycles. The minimum absolute atomic E-state index is 0.0177. The Morgan fingerprint density at radius 1 is 1.04 bits per heavy atom. The molecule has 2 aliphatic rings. The van der Waals surface area contributed by atoms with Crippen LogP contribution in [0.4, 0.5) is 15.8 Å². The second-order valence-corrected chi connectivity index (χ2v) is 7.39. The van der Waals surface area contributed by atoms with Gasteiger partial charge in [-0.25, -0.2) is 4.39 Å². The van der Waals surface area contributed by atoms with Crippen molar-refractivity contribution >= 4 is 23.2 Å². The van der Waals surface area contributed by atoms with Gasteiger partial charge in [0.25, 0.3) is 0 Å². The van der Waals surface area contributed by atoms with E-state index in [-0.39, 0.29) is 30.5 Å². The summed E-state index contributed by atoms with van der Waals surface area (Å²) in [4.78, 5) is 29.2. The molecule has 1 fully saturated rings. The van der Waals surface area contributed by atoms with Crippen molar-refractivity contribution < 1.29 is 14.0 Å². The highest BCUT2D eigenvalue weighted by atomic mass is 19.1. The zero-order valence-electron chi connectivity index (χ0n) is 15.7. The molecule has 28 heavy (non-hydrogen) atoms. The Morgan fingerprint density at radius 2 is 1.79 bits per heavy atom. The van der Waals surface area contributed by atoms with E-state index in [1.54, 1.807) is 12.1 Å². The maximum atomic E-state index is 12.9. The van der Waals surface area contributed by atoms with Crippen molar-refractivity contribution in [3.8, 4) is 0 Å². The molecule has 1 unspecified atom stereocenters. The molecule has 2 amide bonds. The van der Waals surface area contributed by atoms with E-state index in [9.17, 15) is 14.0 Å². The number of benzene rings is 2. The molecule has 146 valence electrons. The first-order valence-corrected chi connectivity index (χ1v) is 9.79. The van der Waals surface area contributed by atoms with Crippen LogP contribution >= 0.6 is 0 Å². The van der Waals surface area contributed by atoms with Crippen molar-refractivity contribution in [2.45, 2.75) is 38.3 Å². The Labute approximate surface area is 164 Å². The van der Waals surface area contributed by atoms with Crippen LogP contribution < -0.4 is 15.1 Å². The molecule has 1 saturated heterocycles. The third kappa shape index (κ3) is 3.86. The number of fused-ring (bicyclic) bond motifs is 3. The second kappa shape index (κ2) is 8.00. The minimum atomic E-state index is -0.302. The van der Waals surface area contributed by atoms with E-state index in [1.165, 1.54) is 12.1 Å². The van der Waals surface area contributed by atoms with Gasteiger partial charge in [-0.05, 0) is 42.7 Å². The summed E-state index contributed by atoms with van der Waals surface area (Å²) in [5.41, 5.74) is 2.88. The number of rotatable bonds is 5. The molecule has 0 aromatic heterocycles. The van der Waals surface area contributed by atoms with Crippen LogP contribution in [0.25, 0.3) is 0 Å². The van der Waals surface area contributed by atoms with Crippen LogP contribution in [0.2, 0.25) is 0 Å². The topological polar surface area (TPSA) is 52.7 Å². The summed E-state index contributed by atoms with van der Waals surface area (Å²) in [6, 6.07) is 14.4. The number of hydrogen-bond donors (Lipinski definition) is 1. The van der Waals surface area contributed by atoms with Crippen molar-refractivity contribution in [2.75, 3.05) is 22.9 Å². The fraction of sp³-hybridized carbons (Fsp3) is 0.364. The molecule has 2 aliphatic heterocycles. The third-order valence-electron chi connectivity index (χ3n) is 5.52. The number of carbonyl (C=O) groups is 2. The zero-order valence-corrected chi connectivity index (χ0v) is 15.7. The van der Waals surface area contributed by atoms with Gasteiger partial charge < -0.3 is 15.1 Å². The number of anilines is 2. The highest BCUT2D eigenvalue weighted by molar-refractivity contribution is 5.99. The lowest BCUT2D eigenvalue weighted by molar-refractivity contribution is -0.125. The van der Waals surface area contributed by atoms with Gasteiger partial charge >= 0.3 is 0 Å². The number of nitrogens with one attached hydrogen (secondary N) is 1. The molecule has 2 heterocycles. The summed E-state index contributed by atoms with van der Waals surface area (Å²) in [5, 5.41) is 2.79. The Balaban J connectivity index is 1.34. The fourth-order valence-corrected chi connectivity index (χ4v) is 4.07. The number of amides is 2. The van der Waals surface area contributed by atoms with Gasteiger partial charge in [0.2, 0.25) is 11.8 Å². The van der Waals surface area contributed by atoms with E-state index in [2.05, 4.69) is 16.3 Å². The molecule has 1 atom stereocenters. The van der Waals surface area contributed by atoms with Crippen LogP contribution in [-0.2, 0) is 16.1 Å². The van der Waals surface area contributed by atoms with E-state index in [1.807, 2.05) is 23.1 Å². The SMILES string of the molecule is O=C(CCC(=O)N1CC2CCCN2c2ccccc21)NCc1ccc(F)cc1. The number of halogens is 1. The summed E-state index contributed by atoms with van der Waals surface area (Å²) in [6.07, 6.45) is 2.56.